The van der Waals surface area contributed by atoms with E-state index in [1.165, 1.54) is 7.05 Å². The Kier molecular flexibility index (Phi) is 2.50. The summed E-state index contributed by atoms with van der Waals surface area (Å²) in [7, 11) is 1.46. The van der Waals surface area contributed by atoms with Crippen molar-refractivity contribution in [1.82, 2.24) is 14.9 Å². The van der Waals surface area contributed by atoms with Crippen LogP contribution in [0.15, 0.2) is 36.4 Å². The van der Waals surface area contributed by atoms with Crippen molar-refractivity contribution in [3.63, 3.8) is 0 Å². The van der Waals surface area contributed by atoms with Gasteiger partial charge in [0.25, 0.3) is 11.8 Å². The number of fused-ring (bicyclic) bond motifs is 10. The second-order valence-electron chi connectivity index (χ2n) is 7.07. The third-order valence-electron chi connectivity index (χ3n) is 5.66. The molecule has 3 aromatic carbocycles. The topological polar surface area (TPSA) is 109 Å². The molecule has 3 heterocycles. The fraction of sp³-hybridized carbons (Fsp3) is 0.0476. The molecule has 2 amide bonds. The van der Waals surface area contributed by atoms with Gasteiger partial charge in [-0.3, -0.25) is 14.5 Å². The normalized spacial score (nSPS) is 14.2. The Balaban J connectivity index is 2.02. The number of hydrogen-bond donors (Lipinski definition) is 4. The zero-order valence-corrected chi connectivity index (χ0v) is 14.6. The van der Waals surface area contributed by atoms with E-state index < -0.39 is 0 Å². The fourth-order valence-electron chi connectivity index (χ4n) is 4.40. The number of nitrogens with zero attached hydrogens (tertiary/aromatic N) is 1. The smallest absolute Gasteiger partial charge is 0.262 e. The van der Waals surface area contributed by atoms with E-state index >= 15 is 0 Å². The van der Waals surface area contributed by atoms with E-state index in [0.29, 0.717) is 54.7 Å². The Morgan fingerprint density at radius 3 is 1.57 bits per heavy atom. The number of carbonyl (C=O) groups is 2. The number of phenolic OH excluding ortho intramolecular Hbond substituents is 2. The zero-order valence-electron chi connectivity index (χ0n) is 14.6. The first-order valence-corrected chi connectivity index (χ1v) is 8.74. The Bertz CT molecular complexity index is 1420. The highest BCUT2D eigenvalue weighted by molar-refractivity contribution is 6.39. The lowest BCUT2D eigenvalue weighted by atomic mass is 9.96. The summed E-state index contributed by atoms with van der Waals surface area (Å²) in [6, 6.07) is 10.1. The molecule has 136 valence electrons. The van der Waals surface area contributed by atoms with Gasteiger partial charge in [-0.2, -0.15) is 0 Å². The molecule has 0 bridgehead atoms. The molecule has 6 rings (SSSR count). The second kappa shape index (κ2) is 4.64. The van der Waals surface area contributed by atoms with Gasteiger partial charge in [-0.05, 0) is 12.1 Å². The van der Waals surface area contributed by atoms with Crippen molar-refractivity contribution in [2.45, 2.75) is 0 Å². The molecule has 1 aliphatic heterocycles. The summed E-state index contributed by atoms with van der Waals surface area (Å²) in [5, 5.41) is 23.1. The molecule has 0 aliphatic carbocycles. The van der Waals surface area contributed by atoms with Crippen LogP contribution in [0.5, 0.6) is 11.5 Å². The fourth-order valence-corrected chi connectivity index (χ4v) is 4.40. The van der Waals surface area contributed by atoms with Crippen LogP contribution in [-0.2, 0) is 0 Å². The summed E-state index contributed by atoms with van der Waals surface area (Å²) in [5.41, 5.74) is 2.83. The van der Waals surface area contributed by atoms with Crippen molar-refractivity contribution < 1.29 is 19.8 Å². The molecule has 0 atom stereocenters. The predicted molar refractivity (Wildman–Crippen MR) is 105 cm³/mol. The maximum Gasteiger partial charge on any atom is 0.262 e. The standard InChI is InChI=1S/C21H13N3O4/c1-24-20(27)14-12-8-4-2-6-10(25)16(8)22-18(12)19-13(15(14)21(24)28)9-5-3-7-11(26)17(9)23-19/h2-7,22-23,25-26H,1H3. The maximum absolute atomic E-state index is 13.0. The zero-order chi connectivity index (χ0) is 19.3. The molecule has 0 saturated heterocycles. The highest BCUT2D eigenvalue weighted by Gasteiger charge is 2.39. The molecule has 0 unspecified atom stereocenters. The van der Waals surface area contributed by atoms with E-state index in [1.807, 2.05) is 0 Å². The Morgan fingerprint density at radius 2 is 1.14 bits per heavy atom. The minimum Gasteiger partial charge on any atom is -0.506 e. The number of phenols is 2. The molecule has 0 fully saturated rings. The average Bonchev–Trinajstić information content (AvgIpc) is 3.31. The molecule has 7 nitrogen and oxygen atoms in total. The number of benzene rings is 3. The number of aromatic nitrogens is 2. The van der Waals surface area contributed by atoms with E-state index in [1.54, 1.807) is 36.4 Å². The van der Waals surface area contributed by atoms with E-state index in [9.17, 15) is 19.8 Å². The molecule has 4 N–H and O–H groups in total. The molecular weight excluding hydrogens is 358 g/mol. The van der Waals surface area contributed by atoms with Gasteiger partial charge in [-0.1, -0.05) is 24.3 Å². The first-order chi connectivity index (χ1) is 13.5. The highest BCUT2D eigenvalue weighted by atomic mass is 16.3. The molecule has 5 aromatic rings. The Hall–Kier alpha value is -4.00. The maximum atomic E-state index is 13.0. The molecular formula is C21H13N3O4. The van der Waals surface area contributed by atoms with Crippen LogP contribution >= 0.6 is 0 Å². The van der Waals surface area contributed by atoms with Gasteiger partial charge < -0.3 is 20.2 Å². The van der Waals surface area contributed by atoms with Gasteiger partial charge in [-0.15, -0.1) is 0 Å². The van der Waals surface area contributed by atoms with Crippen LogP contribution in [-0.4, -0.2) is 43.9 Å². The minimum atomic E-state index is -0.384. The Labute approximate surface area is 156 Å². The average molecular weight is 371 g/mol. The van der Waals surface area contributed by atoms with Crippen LogP contribution in [0.1, 0.15) is 20.7 Å². The van der Waals surface area contributed by atoms with Gasteiger partial charge >= 0.3 is 0 Å². The largest absolute Gasteiger partial charge is 0.506 e. The first-order valence-electron chi connectivity index (χ1n) is 8.74. The number of aromatic amines is 2. The van der Waals surface area contributed by atoms with Crippen LogP contribution in [0.2, 0.25) is 0 Å². The van der Waals surface area contributed by atoms with Crippen molar-refractivity contribution in [3.8, 4) is 11.5 Å². The Morgan fingerprint density at radius 1 is 0.714 bits per heavy atom. The van der Waals surface area contributed by atoms with Gasteiger partial charge in [0.15, 0.2) is 0 Å². The summed E-state index contributed by atoms with van der Waals surface area (Å²) in [6.07, 6.45) is 0. The third kappa shape index (κ3) is 1.52. The lowest BCUT2D eigenvalue weighted by molar-refractivity contribution is 0.0694. The molecule has 2 aromatic heterocycles. The predicted octanol–water partition coefficient (Wildman–Crippen LogP) is 3.59. The number of rotatable bonds is 0. The number of amides is 2. The van der Waals surface area contributed by atoms with E-state index in [0.717, 1.165) is 4.90 Å². The SMILES string of the molecule is CN1C(=O)c2c(c3c4cccc(O)c4[nH]c3c3[nH]c4c(O)cccc4c23)C1=O. The molecule has 28 heavy (non-hydrogen) atoms. The quantitative estimate of drug-likeness (QED) is 0.312. The summed E-state index contributed by atoms with van der Waals surface area (Å²) in [4.78, 5) is 33.5. The van der Waals surface area contributed by atoms with Gasteiger partial charge in [0.1, 0.15) is 11.5 Å². The third-order valence-corrected chi connectivity index (χ3v) is 5.66. The summed E-state index contributed by atoms with van der Waals surface area (Å²) >= 11 is 0. The number of carbonyl (C=O) groups excluding carboxylic acids is 2. The number of H-pyrrole nitrogens is 2. The van der Waals surface area contributed by atoms with Gasteiger partial charge in [0.2, 0.25) is 0 Å². The molecule has 0 spiro atoms. The summed E-state index contributed by atoms with van der Waals surface area (Å²) in [5.74, 6) is -0.657. The molecule has 7 heteroatoms. The van der Waals surface area contributed by atoms with E-state index in [4.69, 9.17) is 0 Å². The monoisotopic (exact) mass is 371 g/mol. The first kappa shape index (κ1) is 15.1. The number of nitrogens with one attached hydrogen (secondary N) is 2. The summed E-state index contributed by atoms with van der Waals surface area (Å²) in [6.45, 7) is 0. The van der Waals surface area contributed by atoms with Crippen molar-refractivity contribution in [1.29, 1.82) is 0 Å². The van der Waals surface area contributed by atoms with E-state index in [-0.39, 0.29) is 23.3 Å². The lowest BCUT2D eigenvalue weighted by Crippen LogP contribution is -2.24. The van der Waals surface area contributed by atoms with Crippen molar-refractivity contribution >= 4 is 55.4 Å². The van der Waals surface area contributed by atoms with E-state index in [2.05, 4.69) is 9.97 Å². The highest BCUT2D eigenvalue weighted by Crippen LogP contribution is 2.45. The molecule has 0 radical (unpaired) electrons. The van der Waals surface area contributed by atoms with Gasteiger partial charge in [0.05, 0.1) is 33.2 Å². The van der Waals surface area contributed by atoms with Crippen LogP contribution < -0.4 is 0 Å². The van der Waals surface area contributed by atoms with Gasteiger partial charge in [-0.25, -0.2) is 0 Å². The van der Waals surface area contributed by atoms with Crippen LogP contribution in [0, 0.1) is 0 Å². The van der Waals surface area contributed by atoms with Crippen LogP contribution in [0.25, 0.3) is 43.6 Å². The minimum absolute atomic E-state index is 0.0553. The number of hydrogen-bond acceptors (Lipinski definition) is 4. The number of imide groups is 1. The molecule has 1 aliphatic rings. The van der Waals surface area contributed by atoms with Crippen molar-refractivity contribution in [2.75, 3.05) is 7.05 Å². The van der Waals surface area contributed by atoms with Crippen LogP contribution in [0.3, 0.4) is 0 Å². The number of para-hydroxylation sites is 2. The van der Waals surface area contributed by atoms with Crippen molar-refractivity contribution in [3.05, 3.63) is 47.5 Å². The van der Waals surface area contributed by atoms with Crippen LogP contribution in [0.4, 0.5) is 0 Å². The number of aromatic hydroxyl groups is 2. The lowest BCUT2D eigenvalue weighted by Gasteiger charge is -2.03. The van der Waals surface area contributed by atoms with Crippen molar-refractivity contribution in [2.24, 2.45) is 0 Å². The molecule has 0 saturated carbocycles. The summed E-state index contributed by atoms with van der Waals surface area (Å²) < 4.78 is 0. The second-order valence-corrected chi connectivity index (χ2v) is 7.07. The van der Waals surface area contributed by atoms with Gasteiger partial charge in [0, 0.05) is 28.6 Å².